The largest absolute Gasteiger partial charge is 0.480 e. The van der Waals surface area contributed by atoms with Crippen molar-refractivity contribution in [3.05, 3.63) is 54.7 Å². The molecular formula is C31H44N14O9. The second-order valence-corrected chi connectivity index (χ2v) is 11.7. The number of carboxylic acids is 1. The quantitative estimate of drug-likeness (QED) is 0.0408. The molecule has 3 rings (SSSR count). The van der Waals surface area contributed by atoms with Crippen LogP contribution in [0.2, 0.25) is 0 Å². The highest BCUT2D eigenvalue weighted by atomic mass is 16.4. The lowest BCUT2D eigenvalue weighted by molar-refractivity contribution is -0.141. The maximum Gasteiger partial charge on any atom is 0.326 e. The van der Waals surface area contributed by atoms with Gasteiger partial charge in [0.15, 0.2) is 0 Å². The molecule has 23 heteroatoms. The molecule has 0 spiro atoms. The standard InChI is InChI=1S/C31H44N14O9/c32-10-27(49)39-14-28(50)36-4-1-24(46)43-21(7-18-11-33-15-40-18)29(51)37-5-2-25(47)44-22(8-19-12-34-16-41-19)30(52)38-6-3-26(48)45-23(31(53)54)9-20-13-35-17-42-20/h11-13,15-17,21-23H,1-10,14,32H2,(H,33,40)(H,34,41)(H,35,42)(H,36,50)(H,37,51)(H,38,52)(H,39,49)(H,43,46)(H,44,47)(H,45,48)(H,53,54)/t21-,22-,23-/m0/s1. The molecule has 7 amide bonds. The van der Waals surface area contributed by atoms with Crippen LogP contribution in [0, 0.1) is 0 Å². The van der Waals surface area contributed by atoms with E-state index in [-0.39, 0.29) is 71.2 Å². The number of carbonyl (C=O) groups is 8. The fraction of sp³-hybridized carbons (Fsp3) is 0.452. The number of rotatable bonds is 24. The Kier molecular flexibility index (Phi) is 17.3. The predicted octanol–water partition coefficient (Wildman–Crippen LogP) is -4.98. The molecule has 54 heavy (non-hydrogen) atoms. The van der Waals surface area contributed by atoms with Gasteiger partial charge in [0.1, 0.15) is 18.1 Å². The number of nitrogens with zero attached hydrogens (tertiary/aromatic N) is 3. The average molecular weight is 757 g/mol. The van der Waals surface area contributed by atoms with Crippen molar-refractivity contribution >= 4 is 47.3 Å². The van der Waals surface area contributed by atoms with E-state index in [1.165, 1.54) is 37.6 Å². The van der Waals surface area contributed by atoms with Crippen molar-refractivity contribution in [3.8, 4) is 0 Å². The topological polar surface area (TPSA) is 353 Å². The number of amides is 7. The van der Waals surface area contributed by atoms with Crippen LogP contribution in [0.1, 0.15) is 36.3 Å². The molecule has 13 N–H and O–H groups in total. The summed E-state index contributed by atoms with van der Waals surface area (Å²) in [5, 5.41) is 27.0. The van der Waals surface area contributed by atoms with Crippen LogP contribution in [0.15, 0.2) is 37.6 Å². The molecule has 3 aromatic heterocycles. The van der Waals surface area contributed by atoms with Gasteiger partial charge in [-0.25, -0.2) is 19.7 Å². The second-order valence-electron chi connectivity index (χ2n) is 11.7. The Bertz CT molecular complexity index is 1680. The normalized spacial score (nSPS) is 12.3. The molecule has 0 radical (unpaired) electrons. The minimum Gasteiger partial charge on any atom is -0.480 e. The number of hydrogen-bond donors (Lipinski definition) is 12. The third kappa shape index (κ3) is 15.7. The van der Waals surface area contributed by atoms with Crippen molar-refractivity contribution in [1.82, 2.24) is 67.1 Å². The van der Waals surface area contributed by atoms with Crippen molar-refractivity contribution in [2.24, 2.45) is 5.73 Å². The molecule has 0 aliphatic heterocycles. The van der Waals surface area contributed by atoms with Crippen LogP contribution in [0.3, 0.4) is 0 Å². The minimum atomic E-state index is -1.25. The number of aromatic amines is 3. The Morgan fingerprint density at radius 2 is 0.944 bits per heavy atom. The molecule has 3 aromatic rings. The zero-order chi connectivity index (χ0) is 39.3. The average Bonchev–Trinajstić information content (AvgIpc) is 3.95. The molecule has 23 nitrogen and oxygen atoms in total. The minimum absolute atomic E-state index is 0.0163. The van der Waals surface area contributed by atoms with E-state index in [1.807, 2.05) is 0 Å². The van der Waals surface area contributed by atoms with Gasteiger partial charge in [0.25, 0.3) is 0 Å². The zero-order valence-corrected chi connectivity index (χ0v) is 29.1. The molecule has 0 fully saturated rings. The van der Waals surface area contributed by atoms with Crippen molar-refractivity contribution in [2.75, 3.05) is 32.7 Å². The van der Waals surface area contributed by atoms with Gasteiger partial charge in [0.2, 0.25) is 41.4 Å². The lowest BCUT2D eigenvalue weighted by Crippen LogP contribution is -2.51. The summed E-state index contributed by atoms with van der Waals surface area (Å²) in [7, 11) is 0. The van der Waals surface area contributed by atoms with Crippen molar-refractivity contribution in [1.29, 1.82) is 0 Å². The van der Waals surface area contributed by atoms with Crippen LogP contribution in [0.25, 0.3) is 0 Å². The summed E-state index contributed by atoms with van der Waals surface area (Å²) in [6.45, 7) is -0.974. The van der Waals surface area contributed by atoms with Gasteiger partial charge in [0.05, 0.1) is 32.1 Å². The summed E-state index contributed by atoms with van der Waals surface area (Å²) in [4.78, 5) is 119. The summed E-state index contributed by atoms with van der Waals surface area (Å²) < 4.78 is 0. The molecule has 3 atom stereocenters. The van der Waals surface area contributed by atoms with Crippen molar-refractivity contribution in [3.63, 3.8) is 0 Å². The fourth-order valence-corrected chi connectivity index (χ4v) is 4.74. The van der Waals surface area contributed by atoms with Crippen LogP contribution in [-0.2, 0) is 57.6 Å². The van der Waals surface area contributed by atoms with Crippen molar-refractivity contribution < 1.29 is 43.5 Å². The first kappa shape index (κ1) is 41.8. The van der Waals surface area contributed by atoms with Crippen LogP contribution in [-0.4, -0.2) is 133 Å². The highest BCUT2D eigenvalue weighted by Crippen LogP contribution is 2.03. The molecule has 0 aliphatic carbocycles. The highest BCUT2D eigenvalue weighted by molar-refractivity contribution is 5.90. The number of aliphatic carboxylic acids is 1. The molecular weight excluding hydrogens is 712 g/mol. The molecule has 0 saturated carbocycles. The number of carbonyl (C=O) groups excluding carboxylic acids is 7. The number of carboxylic acid groups (broad SMARTS) is 1. The van der Waals surface area contributed by atoms with Gasteiger partial charge in [0, 0.05) is 93.8 Å². The summed E-state index contributed by atoms with van der Waals surface area (Å²) in [5.74, 6) is -5.30. The Morgan fingerprint density at radius 1 is 0.556 bits per heavy atom. The van der Waals surface area contributed by atoms with Crippen LogP contribution < -0.4 is 43.0 Å². The van der Waals surface area contributed by atoms with Gasteiger partial charge < -0.3 is 63.0 Å². The van der Waals surface area contributed by atoms with Gasteiger partial charge in [-0.3, -0.25) is 33.6 Å². The molecule has 3 heterocycles. The lowest BCUT2D eigenvalue weighted by atomic mass is 10.1. The van der Waals surface area contributed by atoms with E-state index in [9.17, 15) is 43.5 Å². The van der Waals surface area contributed by atoms with Crippen molar-refractivity contribution in [2.45, 2.75) is 56.7 Å². The first-order valence-corrected chi connectivity index (χ1v) is 16.7. The van der Waals surface area contributed by atoms with E-state index in [2.05, 4.69) is 67.1 Å². The molecule has 0 saturated heterocycles. The van der Waals surface area contributed by atoms with Crippen LogP contribution >= 0.6 is 0 Å². The van der Waals surface area contributed by atoms with Crippen LogP contribution in [0.5, 0.6) is 0 Å². The van der Waals surface area contributed by atoms with Gasteiger partial charge >= 0.3 is 5.97 Å². The number of H-pyrrole nitrogens is 3. The number of aromatic nitrogens is 6. The number of hydrogen-bond acceptors (Lipinski definition) is 12. The van der Waals surface area contributed by atoms with E-state index in [4.69, 9.17) is 5.73 Å². The van der Waals surface area contributed by atoms with E-state index >= 15 is 0 Å². The maximum absolute atomic E-state index is 13.1. The second kappa shape index (κ2) is 22.3. The monoisotopic (exact) mass is 756 g/mol. The summed E-state index contributed by atoms with van der Waals surface area (Å²) in [5.41, 5.74) is 6.75. The zero-order valence-electron chi connectivity index (χ0n) is 29.1. The van der Waals surface area contributed by atoms with E-state index in [0.29, 0.717) is 17.1 Å². The molecule has 0 bridgehead atoms. The maximum atomic E-state index is 13.1. The lowest BCUT2D eigenvalue weighted by Gasteiger charge is -2.20. The summed E-state index contributed by atoms with van der Waals surface area (Å²) in [6, 6.07) is -3.40. The smallest absolute Gasteiger partial charge is 0.326 e. The Balaban J connectivity index is 1.47. The number of imidazole rings is 3. The predicted molar refractivity (Wildman–Crippen MR) is 185 cm³/mol. The van der Waals surface area contributed by atoms with Crippen LogP contribution in [0.4, 0.5) is 0 Å². The van der Waals surface area contributed by atoms with Gasteiger partial charge in [-0.1, -0.05) is 0 Å². The Hall–Kier alpha value is -6.65. The molecule has 0 unspecified atom stereocenters. The first-order chi connectivity index (χ1) is 25.9. The Labute approximate surface area is 307 Å². The van der Waals surface area contributed by atoms with E-state index in [1.54, 1.807) is 0 Å². The highest BCUT2D eigenvalue weighted by Gasteiger charge is 2.25. The number of nitrogens with two attached hydrogens (primary N) is 1. The third-order valence-corrected chi connectivity index (χ3v) is 7.48. The van der Waals surface area contributed by atoms with E-state index in [0.717, 1.165) is 0 Å². The molecule has 292 valence electrons. The fourth-order valence-electron chi connectivity index (χ4n) is 4.74. The SMILES string of the molecule is NCC(=O)NCC(=O)NCCC(=O)N[C@@H](Cc1cnc[nH]1)C(=O)NCCC(=O)N[C@@H](Cc1cnc[nH]1)C(=O)NCCC(=O)N[C@@H](Cc1cnc[nH]1)C(=O)O. The molecule has 0 aromatic carbocycles. The number of nitrogens with one attached hydrogen (secondary N) is 10. The van der Waals surface area contributed by atoms with Gasteiger partial charge in [-0.2, -0.15) is 0 Å². The molecule has 0 aliphatic rings. The van der Waals surface area contributed by atoms with E-state index < -0.39 is 65.4 Å². The summed E-state index contributed by atoms with van der Waals surface area (Å²) in [6.07, 6.45) is 7.94. The van der Waals surface area contributed by atoms with Gasteiger partial charge in [-0.05, 0) is 0 Å². The summed E-state index contributed by atoms with van der Waals surface area (Å²) >= 11 is 0. The third-order valence-electron chi connectivity index (χ3n) is 7.48. The van der Waals surface area contributed by atoms with Gasteiger partial charge in [-0.15, -0.1) is 0 Å². The first-order valence-electron chi connectivity index (χ1n) is 16.7. The Morgan fingerprint density at radius 3 is 1.31 bits per heavy atom.